The van der Waals surface area contributed by atoms with E-state index in [9.17, 15) is 4.39 Å². The first-order valence-electron chi connectivity index (χ1n) is 4.82. The third kappa shape index (κ3) is 1.77. The second kappa shape index (κ2) is 3.30. The number of hydrogen-bond acceptors (Lipinski definition) is 2. The average Bonchev–Trinajstić information content (AvgIpc) is 2.33. The van der Waals surface area contributed by atoms with Crippen molar-refractivity contribution in [1.29, 1.82) is 0 Å². The van der Waals surface area contributed by atoms with Crippen LogP contribution in [0.5, 0.6) is 0 Å². The highest BCUT2D eigenvalue weighted by Gasteiger charge is 2.31. The maximum absolute atomic E-state index is 12.5. The van der Waals surface area contributed by atoms with E-state index in [4.69, 9.17) is 0 Å². The molecule has 3 heteroatoms. The molecule has 2 rings (SSSR count). The van der Waals surface area contributed by atoms with E-state index in [2.05, 4.69) is 17.3 Å². The maximum atomic E-state index is 12.5. The van der Waals surface area contributed by atoms with Gasteiger partial charge in [0.25, 0.3) is 0 Å². The molecule has 0 bridgehead atoms. The minimum absolute atomic E-state index is 0.469. The van der Waals surface area contributed by atoms with Gasteiger partial charge in [-0.05, 0) is 32.9 Å². The molecule has 0 radical (unpaired) electrons. The van der Waals surface area contributed by atoms with E-state index < -0.39 is 6.17 Å². The molecule has 2 nitrogen and oxygen atoms in total. The van der Waals surface area contributed by atoms with Crippen molar-refractivity contribution in [1.82, 2.24) is 10.2 Å². The Morgan fingerprint density at radius 1 is 1.33 bits per heavy atom. The number of nitrogens with zero attached hydrogens (tertiary/aromatic N) is 1. The van der Waals surface area contributed by atoms with E-state index in [1.165, 1.54) is 13.0 Å². The predicted octanol–water partition coefficient (Wildman–Crippen LogP) is 0.781. The van der Waals surface area contributed by atoms with Gasteiger partial charge in [0.2, 0.25) is 0 Å². The van der Waals surface area contributed by atoms with Crippen LogP contribution in [0, 0.1) is 0 Å². The zero-order valence-electron chi connectivity index (χ0n) is 7.59. The topological polar surface area (TPSA) is 15.3 Å². The number of likely N-dealkylation sites (N-methyl/N-ethyl adjacent to an activating group) is 1. The summed E-state index contributed by atoms with van der Waals surface area (Å²) in [6.07, 6.45) is 2.17. The van der Waals surface area contributed by atoms with Crippen molar-refractivity contribution in [2.75, 3.05) is 20.1 Å². The largest absolute Gasteiger partial charge is 0.310 e. The Balaban J connectivity index is 1.67. The lowest BCUT2D eigenvalue weighted by Gasteiger charge is -2.32. The Morgan fingerprint density at radius 3 is 2.58 bits per heavy atom. The van der Waals surface area contributed by atoms with Crippen LogP contribution in [0.4, 0.5) is 4.39 Å². The normalized spacial score (nSPS) is 43.0. The molecule has 2 fully saturated rings. The third-order valence-electron chi connectivity index (χ3n) is 2.94. The van der Waals surface area contributed by atoms with Gasteiger partial charge in [-0.3, -0.25) is 0 Å². The number of nitrogens with one attached hydrogen (secondary N) is 1. The van der Waals surface area contributed by atoms with Crippen molar-refractivity contribution in [2.45, 2.75) is 37.5 Å². The third-order valence-corrected chi connectivity index (χ3v) is 2.94. The van der Waals surface area contributed by atoms with Gasteiger partial charge in [0, 0.05) is 18.6 Å². The van der Waals surface area contributed by atoms with Gasteiger partial charge in [0.1, 0.15) is 6.17 Å². The van der Waals surface area contributed by atoms with E-state index in [1.807, 2.05) is 0 Å². The van der Waals surface area contributed by atoms with Gasteiger partial charge < -0.3 is 10.2 Å². The summed E-state index contributed by atoms with van der Waals surface area (Å²) in [7, 11) is 2.14. The summed E-state index contributed by atoms with van der Waals surface area (Å²) in [5.74, 6) is 0. The first-order chi connectivity index (χ1) is 5.74. The number of likely N-dealkylation sites (tertiary alicyclic amines) is 1. The van der Waals surface area contributed by atoms with Crippen LogP contribution in [0.3, 0.4) is 0 Å². The molecule has 1 aliphatic heterocycles. The first-order valence-corrected chi connectivity index (χ1v) is 4.82. The molecule has 1 atom stereocenters. The van der Waals surface area contributed by atoms with Gasteiger partial charge in [0.15, 0.2) is 0 Å². The van der Waals surface area contributed by atoms with E-state index in [1.54, 1.807) is 0 Å². The van der Waals surface area contributed by atoms with Gasteiger partial charge >= 0.3 is 0 Å². The Morgan fingerprint density at radius 2 is 2.08 bits per heavy atom. The van der Waals surface area contributed by atoms with Crippen LogP contribution in [-0.2, 0) is 0 Å². The van der Waals surface area contributed by atoms with E-state index in [-0.39, 0.29) is 0 Å². The van der Waals surface area contributed by atoms with Crippen LogP contribution in [0.1, 0.15) is 19.3 Å². The monoisotopic (exact) mass is 172 g/mol. The predicted molar refractivity (Wildman–Crippen MR) is 47.0 cm³/mol. The molecule has 1 saturated carbocycles. The van der Waals surface area contributed by atoms with Gasteiger partial charge in [-0.15, -0.1) is 0 Å². The van der Waals surface area contributed by atoms with E-state index in [0.29, 0.717) is 12.1 Å². The zero-order valence-corrected chi connectivity index (χ0v) is 7.59. The first kappa shape index (κ1) is 8.45. The van der Waals surface area contributed by atoms with E-state index in [0.717, 1.165) is 19.4 Å². The van der Waals surface area contributed by atoms with Crippen LogP contribution >= 0.6 is 0 Å². The number of halogens is 1. The molecule has 1 heterocycles. The SMILES string of the molecule is CN1CC[C@H](NC2CC(F)C2)C1. The molecule has 0 amide bonds. The smallest absolute Gasteiger partial charge is 0.103 e. The zero-order chi connectivity index (χ0) is 8.55. The summed E-state index contributed by atoms with van der Waals surface area (Å²) in [5, 5.41) is 3.49. The molecule has 1 aliphatic carbocycles. The second-order valence-electron chi connectivity index (χ2n) is 4.18. The second-order valence-corrected chi connectivity index (χ2v) is 4.18. The molecule has 0 unspecified atom stereocenters. The molecule has 0 aromatic carbocycles. The average molecular weight is 172 g/mol. The Kier molecular flexibility index (Phi) is 2.33. The quantitative estimate of drug-likeness (QED) is 0.662. The highest BCUT2D eigenvalue weighted by molar-refractivity contribution is 4.90. The van der Waals surface area contributed by atoms with Gasteiger partial charge in [-0.2, -0.15) is 0 Å². The molecule has 1 saturated heterocycles. The van der Waals surface area contributed by atoms with Crippen LogP contribution in [0.2, 0.25) is 0 Å². The molecule has 0 aromatic heterocycles. The molecule has 70 valence electrons. The standard InChI is InChI=1S/C9H17FN2/c1-12-3-2-8(6-12)11-9-4-7(10)5-9/h7-9,11H,2-6H2,1H3/t7?,8-,9?/m0/s1. The summed E-state index contributed by atoms with van der Waals surface area (Å²) < 4.78 is 12.5. The maximum Gasteiger partial charge on any atom is 0.103 e. The lowest BCUT2D eigenvalue weighted by Crippen LogP contribution is -2.47. The van der Waals surface area contributed by atoms with Crippen LogP contribution in [-0.4, -0.2) is 43.3 Å². The fourth-order valence-electron chi connectivity index (χ4n) is 2.09. The Bertz CT molecular complexity index is 157. The van der Waals surface area contributed by atoms with Crippen molar-refractivity contribution in [2.24, 2.45) is 0 Å². The summed E-state index contributed by atoms with van der Waals surface area (Å²) >= 11 is 0. The molecule has 12 heavy (non-hydrogen) atoms. The van der Waals surface area contributed by atoms with Crippen LogP contribution in [0.25, 0.3) is 0 Å². The van der Waals surface area contributed by atoms with Gasteiger partial charge in [-0.1, -0.05) is 0 Å². The molecule has 2 aliphatic rings. The summed E-state index contributed by atoms with van der Waals surface area (Å²) in [5.41, 5.74) is 0. The van der Waals surface area contributed by atoms with Gasteiger partial charge in [0.05, 0.1) is 0 Å². The minimum Gasteiger partial charge on any atom is -0.310 e. The van der Waals surface area contributed by atoms with E-state index >= 15 is 0 Å². The van der Waals surface area contributed by atoms with Crippen molar-refractivity contribution >= 4 is 0 Å². The lowest BCUT2D eigenvalue weighted by atomic mass is 9.90. The van der Waals surface area contributed by atoms with Crippen LogP contribution < -0.4 is 5.32 Å². The fraction of sp³-hybridized carbons (Fsp3) is 1.00. The highest BCUT2D eigenvalue weighted by atomic mass is 19.1. The van der Waals surface area contributed by atoms with Gasteiger partial charge in [-0.25, -0.2) is 4.39 Å². The molecular formula is C9H17FN2. The van der Waals surface area contributed by atoms with Crippen molar-refractivity contribution in [3.8, 4) is 0 Å². The van der Waals surface area contributed by atoms with Crippen molar-refractivity contribution in [3.05, 3.63) is 0 Å². The summed E-state index contributed by atoms with van der Waals surface area (Å²) in [6.45, 7) is 2.32. The number of rotatable bonds is 2. The molecular weight excluding hydrogens is 155 g/mol. The van der Waals surface area contributed by atoms with Crippen molar-refractivity contribution < 1.29 is 4.39 Å². The van der Waals surface area contributed by atoms with Crippen molar-refractivity contribution in [3.63, 3.8) is 0 Å². The lowest BCUT2D eigenvalue weighted by molar-refractivity contribution is 0.146. The fourth-order valence-corrected chi connectivity index (χ4v) is 2.09. The summed E-state index contributed by atoms with van der Waals surface area (Å²) in [4.78, 5) is 2.32. The summed E-state index contributed by atoms with van der Waals surface area (Å²) in [6, 6.07) is 1.09. The molecule has 0 spiro atoms. The molecule has 1 N–H and O–H groups in total. The number of hydrogen-bond donors (Lipinski definition) is 1. The minimum atomic E-state index is -0.526. The molecule has 0 aromatic rings. The van der Waals surface area contributed by atoms with Crippen LogP contribution in [0.15, 0.2) is 0 Å². The Hall–Kier alpha value is -0.150. The Labute approximate surface area is 73.1 Å². The highest BCUT2D eigenvalue weighted by Crippen LogP contribution is 2.24. The number of alkyl halides is 1.